The second-order valence-corrected chi connectivity index (χ2v) is 5.58. The first kappa shape index (κ1) is 13.8. The molecule has 1 saturated heterocycles. The molecule has 1 N–H and O–H groups in total. The molecule has 100 valence electrons. The summed E-state index contributed by atoms with van der Waals surface area (Å²) in [7, 11) is 2.02. The molecule has 18 heavy (non-hydrogen) atoms. The van der Waals surface area contributed by atoms with Crippen LogP contribution in [0.2, 0.25) is 5.02 Å². The van der Waals surface area contributed by atoms with Gasteiger partial charge in [0.05, 0.1) is 5.60 Å². The van der Waals surface area contributed by atoms with Gasteiger partial charge in [-0.2, -0.15) is 0 Å². The van der Waals surface area contributed by atoms with Gasteiger partial charge in [-0.3, -0.25) is 4.90 Å². The lowest BCUT2D eigenvalue weighted by atomic mass is 9.94. The van der Waals surface area contributed by atoms with Crippen LogP contribution in [0.25, 0.3) is 0 Å². The van der Waals surface area contributed by atoms with Crippen molar-refractivity contribution in [3.05, 3.63) is 34.9 Å². The van der Waals surface area contributed by atoms with Crippen LogP contribution in [-0.2, 0) is 11.3 Å². The molecule has 0 aliphatic carbocycles. The number of rotatable bonds is 4. The third-order valence-corrected chi connectivity index (χ3v) is 3.56. The molecule has 0 unspecified atom stereocenters. The number of hydrogen-bond acceptors (Lipinski definition) is 3. The Bertz CT molecular complexity index is 391. The number of ether oxygens (including phenoxy) is 1. The van der Waals surface area contributed by atoms with Crippen molar-refractivity contribution in [2.75, 3.05) is 26.8 Å². The van der Waals surface area contributed by atoms with Gasteiger partial charge >= 0.3 is 0 Å². The third-order valence-electron chi connectivity index (χ3n) is 3.33. The SMILES string of the molecule is CN(Cc1cccc(Cl)c1)CC1(O)CCOCC1. The van der Waals surface area contributed by atoms with Crippen LogP contribution in [0.1, 0.15) is 18.4 Å². The maximum absolute atomic E-state index is 10.4. The Morgan fingerprint density at radius 2 is 2.11 bits per heavy atom. The van der Waals surface area contributed by atoms with E-state index < -0.39 is 5.60 Å². The quantitative estimate of drug-likeness (QED) is 0.911. The van der Waals surface area contributed by atoms with Gasteiger partial charge in [-0.1, -0.05) is 23.7 Å². The molecule has 1 aliphatic heterocycles. The maximum atomic E-state index is 10.4. The van der Waals surface area contributed by atoms with Crippen molar-refractivity contribution >= 4 is 11.6 Å². The normalized spacial score (nSPS) is 19.1. The smallest absolute Gasteiger partial charge is 0.0817 e. The number of aliphatic hydroxyl groups is 1. The van der Waals surface area contributed by atoms with Crippen molar-refractivity contribution < 1.29 is 9.84 Å². The first-order chi connectivity index (χ1) is 8.57. The van der Waals surface area contributed by atoms with Gasteiger partial charge in [0.1, 0.15) is 0 Å². The molecule has 1 aliphatic rings. The molecule has 3 nitrogen and oxygen atoms in total. The number of likely N-dealkylation sites (N-methyl/N-ethyl adjacent to an activating group) is 1. The molecule has 0 bridgehead atoms. The van der Waals surface area contributed by atoms with E-state index >= 15 is 0 Å². The molecule has 1 aromatic carbocycles. The van der Waals surface area contributed by atoms with Gasteiger partial charge in [0.25, 0.3) is 0 Å². The second kappa shape index (κ2) is 6.02. The summed E-state index contributed by atoms with van der Waals surface area (Å²) in [4.78, 5) is 2.14. The molecule has 4 heteroatoms. The Labute approximate surface area is 113 Å². The van der Waals surface area contributed by atoms with Crippen LogP contribution in [0.4, 0.5) is 0 Å². The van der Waals surface area contributed by atoms with E-state index in [9.17, 15) is 5.11 Å². The third kappa shape index (κ3) is 3.95. The Morgan fingerprint density at radius 3 is 2.78 bits per heavy atom. The van der Waals surface area contributed by atoms with E-state index in [1.165, 1.54) is 5.56 Å². The van der Waals surface area contributed by atoms with Crippen LogP contribution >= 0.6 is 11.6 Å². The van der Waals surface area contributed by atoms with Crippen LogP contribution in [0, 0.1) is 0 Å². The average Bonchev–Trinajstić information content (AvgIpc) is 2.28. The zero-order valence-electron chi connectivity index (χ0n) is 10.7. The van der Waals surface area contributed by atoms with Crippen molar-refractivity contribution in [3.63, 3.8) is 0 Å². The van der Waals surface area contributed by atoms with E-state index in [0.29, 0.717) is 32.6 Å². The Hall–Kier alpha value is -0.610. The van der Waals surface area contributed by atoms with Crippen LogP contribution in [-0.4, -0.2) is 42.4 Å². The lowest BCUT2D eigenvalue weighted by Crippen LogP contribution is -2.45. The summed E-state index contributed by atoms with van der Waals surface area (Å²) in [5, 5.41) is 11.2. The van der Waals surface area contributed by atoms with Gasteiger partial charge in [0.15, 0.2) is 0 Å². The summed E-state index contributed by atoms with van der Waals surface area (Å²) >= 11 is 5.96. The van der Waals surface area contributed by atoms with Crippen molar-refractivity contribution in [3.8, 4) is 0 Å². The minimum absolute atomic E-state index is 0.606. The largest absolute Gasteiger partial charge is 0.388 e. The highest BCUT2D eigenvalue weighted by molar-refractivity contribution is 6.30. The van der Waals surface area contributed by atoms with Crippen LogP contribution in [0.15, 0.2) is 24.3 Å². The summed E-state index contributed by atoms with van der Waals surface area (Å²) in [6.07, 6.45) is 1.43. The van der Waals surface area contributed by atoms with E-state index in [2.05, 4.69) is 11.0 Å². The van der Waals surface area contributed by atoms with Crippen molar-refractivity contribution in [2.24, 2.45) is 0 Å². The fourth-order valence-corrected chi connectivity index (χ4v) is 2.63. The molecule has 0 atom stereocenters. The minimum atomic E-state index is -0.606. The topological polar surface area (TPSA) is 32.7 Å². The number of halogens is 1. The van der Waals surface area contributed by atoms with Gasteiger partial charge in [-0.05, 0) is 24.7 Å². The summed E-state index contributed by atoms with van der Waals surface area (Å²) in [6, 6.07) is 7.84. The molecule has 0 amide bonds. The predicted octanol–water partition coefficient (Wildman–Crippen LogP) is 2.31. The Kier molecular flexibility index (Phi) is 4.62. The summed E-state index contributed by atoms with van der Waals surface area (Å²) in [6.45, 7) is 2.77. The van der Waals surface area contributed by atoms with E-state index in [-0.39, 0.29) is 0 Å². The van der Waals surface area contributed by atoms with E-state index in [0.717, 1.165) is 11.6 Å². The molecule has 0 radical (unpaired) electrons. The van der Waals surface area contributed by atoms with Crippen molar-refractivity contribution in [1.29, 1.82) is 0 Å². The lowest BCUT2D eigenvalue weighted by molar-refractivity contribution is -0.0777. The van der Waals surface area contributed by atoms with Gasteiger partial charge in [-0.15, -0.1) is 0 Å². The molecular formula is C14H20ClNO2. The monoisotopic (exact) mass is 269 g/mol. The van der Waals surface area contributed by atoms with Crippen LogP contribution in [0.3, 0.4) is 0 Å². The number of hydrogen-bond donors (Lipinski definition) is 1. The highest BCUT2D eigenvalue weighted by Gasteiger charge is 2.30. The van der Waals surface area contributed by atoms with Crippen LogP contribution in [0.5, 0.6) is 0 Å². The molecule has 0 saturated carbocycles. The summed E-state index contributed by atoms with van der Waals surface area (Å²) in [5.74, 6) is 0. The van der Waals surface area contributed by atoms with Crippen LogP contribution < -0.4 is 0 Å². The molecule has 1 heterocycles. The summed E-state index contributed by atoms with van der Waals surface area (Å²) < 4.78 is 5.28. The van der Waals surface area contributed by atoms with Gasteiger partial charge in [0.2, 0.25) is 0 Å². The zero-order valence-corrected chi connectivity index (χ0v) is 11.5. The van der Waals surface area contributed by atoms with E-state index in [4.69, 9.17) is 16.3 Å². The molecule has 1 aromatic rings. The Balaban J connectivity index is 1.90. The first-order valence-electron chi connectivity index (χ1n) is 6.31. The van der Waals surface area contributed by atoms with Gasteiger partial charge in [-0.25, -0.2) is 0 Å². The van der Waals surface area contributed by atoms with Crippen molar-refractivity contribution in [1.82, 2.24) is 4.90 Å². The Morgan fingerprint density at radius 1 is 1.39 bits per heavy atom. The first-order valence-corrected chi connectivity index (χ1v) is 6.68. The maximum Gasteiger partial charge on any atom is 0.0817 e. The highest BCUT2D eigenvalue weighted by Crippen LogP contribution is 2.22. The molecule has 2 rings (SSSR count). The predicted molar refractivity (Wildman–Crippen MR) is 72.8 cm³/mol. The van der Waals surface area contributed by atoms with E-state index in [1.807, 2.05) is 25.2 Å². The summed E-state index contributed by atoms with van der Waals surface area (Å²) in [5.41, 5.74) is 0.562. The van der Waals surface area contributed by atoms with Gasteiger partial charge in [0, 0.05) is 44.2 Å². The average molecular weight is 270 g/mol. The fourth-order valence-electron chi connectivity index (χ4n) is 2.41. The highest BCUT2D eigenvalue weighted by atomic mass is 35.5. The van der Waals surface area contributed by atoms with Gasteiger partial charge < -0.3 is 9.84 Å². The number of nitrogens with zero attached hydrogens (tertiary/aromatic N) is 1. The zero-order chi connectivity index (χ0) is 13.0. The molecule has 1 fully saturated rings. The molecule has 0 spiro atoms. The fraction of sp³-hybridized carbons (Fsp3) is 0.571. The lowest BCUT2D eigenvalue weighted by Gasteiger charge is -2.35. The van der Waals surface area contributed by atoms with Crippen molar-refractivity contribution in [2.45, 2.75) is 25.0 Å². The number of benzene rings is 1. The molecule has 0 aromatic heterocycles. The second-order valence-electron chi connectivity index (χ2n) is 5.14. The minimum Gasteiger partial charge on any atom is -0.388 e. The molecular weight excluding hydrogens is 250 g/mol. The standard InChI is InChI=1S/C14H20ClNO2/c1-16(10-12-3-2-4-13(15)9-12)11-14(17)5-7-18-8-6-14/h2-4,9,17H,5-8,10-11H2,1H3. The van der Waals surface area contributed by atoms with E-state index in [1.54, 1.807) is 0 Å².